The van der Waals surface area contributed by atoms with E-state index >= 15 is 0 Å². The molecule has 4 atom stereocenters. The summed E-state index contributed by atoms with van der Waals surface area (Å²) < 4.78 is 0. The average Bonchev–Trinajstić information content (AvgIpc) is 2.74. The molecule has 0 saturated heterocycles. The summed E-state index contributed by atoms with van der Waals surface area (Å²) in [5, 5.41) is 70.7. The first-order valence-corrected chi connectivity index (χ1v) is 9.30. The van der Waals surface area contributed by atoms with Crippen LogP contribution in [-0.2, 0) is 16.0 Å². The number of amides is 2. The smallest absolute Gasteiger partial charge is 0.256 e. The number of aliphatic hydroxyl groups is 7. The quantitative estimate of drug-likeness (QED) is 0.192. The van der Waals surface area contributed by atoms with E-state index in [2.05, 4.69) is 10.6 Å². The SMILES string of the molecule is Cc1c(CCO)c(C)c(NC(=O)C(O)C(O)CO)c(C)c1NC(=O)C(O)C(O)CO. The van der Waals surface area contributed by atoms with Gasteiger partial charge in [-0.1, -0.05) is 0 Å². The van der Waals surface area contributed by atoms with Crippen molar-refractivity contribution < 1.29 is 45.3 Å². The van der Waals surface area contributed by atoms with Crippen LogP contribution in [0.5, 0.6) is 0 Å². The normalized spacial score (nSPS) is 15.3. The topological polar surface area (TPSA) is 200 Å². The summed E-state index contributed by atoms with van der Waals surface area (Å²) in [4.78, 5) is 24.5. The number of hydrogen-bond acceptors (Lipinski definition) is 9. The highest BCUT2D eigenvalue weighted by atomic mass is 16.4. The lowest BCUT2D eigenvalue weighted by molar-refractivity contribution is -0.131. The Kier molecular flexibility index (Phi) is 9.78. The van der Waals surface area contributed by atoms with Crippen LogP contribution >= 0.6 is 0 Å². The summed E-state index contributed by atoms with van der Waals surface area (Å²) in [5.74, 6) is -1.98. The third kappa shape index (κ3) is 5.73. The number of nitrogens with one attached hydrogen (secondary N) is 2. The van der Waals surface area contributed by atoms with Crippen LogP contribution < -0.4 is 10.6 Å². The maximum absolute atomic E-state index is 12.3. The van der Waals surface area contributed by atoms with Gasteiger partial charge in [-0.15, -0.1) is 0 Å². The van der Waals surface area contributed by atoms with E-state index in [1.165, 1.54) is 0 Å². The van der Waals surface area contributed by atoms with Crippen molar-refractivity contribution in [3.05, 3.63) is 22.3 Å². The molecule has 0 aliphatic heterocycles. The van der Waals surface area contributed by atoms with Crippen molar-refractivity contribution in [2.75, 3.05) is 30.5 Å². The zero-order chi connectivity index (χ0) is 23.2. The molecule has 0 radical (unpaired) electrons. The molecule has 1 aromatic carbocycles. The molecule has 0 spiro atoms. The number of anilines is 2. The summed E-state index contributed by atoms with van der Waals surface area (Å²) in [6, 6.07) is 0. The summed E-state index contributed by atoms with van der Waals surface area (Å²) in [6.45, 7) is 2.98. The number of rotatable bonds is 10. The van der Waals surface area contributed by atoms with Gasteiger partial charge in [0.1, 0.15) is 12.2 Å². The molecule has 0 fully saturated rings. The third-order valence-electron chi connectivity index (χ3n) is 4.90. The Bertz CT molecular complexity index is 712. The van der Waals surface area contributed by atoms with Gasteiger partial charge in [-0.3, -0.25) is 9.59 Å². The molecule has 0 aliphatic rings. The molecular weight excluding hydrogens is 400 g/mol. The Hall–Kier alpha value is -2.12. The molecule has 0 saturated carbocycles. The Morgan fingerprint density at radius 1 is 0.733 bits per heavy atom. The van der Waals surface area contributed by atoms with Crippen LogP contribution in [0.3, 0.4) is 0 Å². The molecular formula is C19H30N2O9. The molecule has 2 amide bonds. The largest absolute Gasteiger partial charge is 0.396 e. The highest BCUT2D eigenvalue weighted by Crippen LogP contribution is 2.35. The van der Waals surface area contributed by atoms with Crippen LogP contribution in [0.25, 0.3) is 0 Å². The predicted molar refractivity (Wildman–Crippen MR) is 107 cm³/mol. The first kappa shape index (κ1) is 25.9. The lowest BCUT2D eigenvalue weighted by Crippen LogP contribution is -2.41. The second-order valence-electron chi connectivity index (χ2n) is 6.95. The van der Waals surface area contributed by atoms with Gasteiger partial charge in [0.15, 0.2) is 12.2 Å². The number of carbonyl (C=O) groups is 2. The Morgan fingerprint density at radius 3 is 1.40 bits per heavy atom. The Morgan fingerprint density at radius 2 is 1.10 bits per heavy atom. The zero-order valence-electron chi connectivity index (χ0n) is 17.1. The third-order valence-corrected chi connectivity index (χ3v) is 4.90. The second kappa shape index (κ2) is 11.3. The Balaban J connectivity index is 3.42. The lowest BCUT2D eigenvalue weighted by atomic mass is 9.92. The fraction of sp³-hybridized carbons (Fsp3) is 0.579. The molecule has 0 bridgehead atoms. The summed E-state index contributed by atoms with van der Waals surface area (Å²) in [7, 11) is 0. The van der Waals surface area contributed by atoms with Gasteiger partial charge < -0.3 is 46.4 Å². The number of benzene rings is 1. The van der Waals surface area contributed by atoms with E-state index in [1.807, 2.05) is 0 Å². The van der Waals surface area contributed by atoms with Crippen LogP contribution in [-0.4, -0.2) is 91.8 Å². The van der Waals surface area contributed by atoms with Gasteiger partial charge >= 0.3 is 0 Å². The molecule has 170 valence electrons. The fourth-order valence-electron chi connectivity index (χ4n) is 3.08. The summed E-state index contributed by atoms with van der Waals surface area (Å²) in [5.41, 5.74) is 2.43. The summed E-state index contributed by atoms with van der Waals surface area (Å²) >= 11 is 0. The van der Waals surface area contributed by atoms with Gasteiger partial charge in [0.2, 0.25) is 0 Å². The van der Waals surface area contributed by atoms with Crippen molar-refractivity contribution in [1.82, 2.24) is 0 Å². The van der Waals surface area contributed by atoms with Crippen LogP contribution in [0.4, 0.5) is 11.4 Å². The maximum Gasteiger partial charge on any atom is 0.256 e. The van der Waals surface area contributed by atoms with Gasteiger partial charge in [-0.2, -0.15) is 0 Å². The van der Waals surface area contributed by atoms with E-state index < -0.39 is 49.4 Å². The number of hydrogen-bond donors (Lipinski definition) is 9. The average molecular weight is 430 g/mol. The van der Waals surface area contributed by atoms with Gasteiger partial charge in [-0.25, -0.2) is 0 Å². The number of carbonyl (C=O) groups excluding carboxylic acids is 2. The fourth-order valence-corrected chi connectivity index (χ4v) is 3.08. The maximum atomic E-state index is 12.3. The van der Waals surface area contributed by atoms with Crippen molar-refractivity contribution in [3.8, 4) is 0 Å². The molecule has 9 N–H and O–H groups in total. The minimum atomic E-state index is -1.91. The van der Waals surface area contributed by atoms with Gasteiger partial charge in [0.25, 0.3) is 11.8 Å². The molecule has 4 unspecified atom stereocenters. The van der Waals surface area contributed by atoms with E-state index in [9.17, 15) is 35.1 Å². The van der Waals surface area contributed by atoms with Crippen LogP contribution in [0.1, 0.15) is 22.3 Å². The van der Waals surface area contributed by atoms with Gasteiger partial charge in [0, 0.05) is 18.0 Å². The van der Waals surface area contributed by atoms with Crippen molar-refractivity contribution in [1.29, 1.82) is 0 Å². The molecule has 1 aromatic rings. The van der Waals surface area contributed by atoms with Crippen molar-refractivity contribution in [3.63, 3.8) is 0 Å². The van der Waals surface area contributed by atoms with E-state index in [4.69, 9.17) is 10.2 Å². The standard InChI is InChI=1S/C19H30N2O9/c1-8-11(4-5-22)9(2)15(21-19(30)17(28)13(26)7-24)10(3)14(8)20-18(29)16(27)12(25)6-23/h12-13,16-17,22-28H,4-7H2,1-3H3,(H,20,29)(H,21,30). The van der Waals surface area contributed by atoms with E-state index in [1.54, 1.807) is 20.8 Å². The van der Waals surface area contributed by atoms with Gasteiger partial charge in [-0.05, 0) is 49.4 Å². The molecule has 11 nitrogen and oxygen atoms in total. The molecule has 1 rings (SSSR count). The highest BCUT2D eigenvalue weighted by molar-refractivity contribution is 6.00. The second-order valence-corrected chi connectivity index (χ2v) is 6.95. The molecule has 0 aromatic heterocycles. The molecule has 0 heterocycles. The Labute approximate surface area is 173 Å². The van der Waals surface area contributed by atoms with Crippen LogP contribution in [0, 0.1) is 20.8 Å². The lowest BCUT2D eigenvalue weighted by Gasteiger charge is -2.25. The summed E-state index contributed by atoms with van der Waals surface area (Å²) in [6.07, 6.45) is -7.02. The highest BCUT2D eigenvalue weighted by Gasteiger charge is 2.28. The van der Waals surface area contributed by atoms with Gasteiger partial charge in [0.05, 0.1) is 13.2 Å². The first-order valence-electron chi connectivity index (χ1n) is 9.30. The first-order chi connectivity index (χ1) is 14.0. The number of aliphatic hydroxyl groups excluding tert-OH is 7. The molecule has 0 aliphatic carbocycles. The minimum absolute atomic E-state index is 0.174. The van der Waals surface area contributed by atoms with E-state index in [-0.39, 0.29) is 24.4 Å². The van der Waals surface area contributed by atoms with E-state index in [0.29, 0.717) is 22.3 Å². The van der Waals surface area contributed by atoms with Crippen LogP contribution in [0.2, 0.25) is 0 Å². The molecule has 11 heteroatoms. The monoisotopic (exact) mass is 430 g/mol. The van der Waals surface area contributed by atoms with Crippen LogP contribution in [0.15, 0.2) is 0 Å². The minimum Gasteiger partial charge on any atom is -0.396 e. The predicted octanol–water partition coefficient (Wildman–Crippen LogP) is -2.55. The van der Waals surface area contributed by atoms with Crippen molar-refractivity contribution in [2.24, 2.45) is 0 Å². The van der Waals surface area contributed by atoms with Crippen molar-refractivity contribution >= 4 is 23.2 Å². The van der Waals surface area contributed by atoms with Crippen molar-refractivity contribution in [2.45, 2.75) is 51.6 Å². The van der Waals surface area contributed by atoms with E-state index in [0.717, 1.165) is 0 Å². The molecule has 30 heavy (non-hydrogen) atoms. The zero-order valence-corrected chi connectivity index (χ0v) is 17.1.